The third-order valence-electron chi connectivity index (χ3n) is 5.19. The van der Waals surface area contributed by atoms with E-state index in [2.05, 4.69) is 25.3 Å². The number of H-pyrrole nitrogens is 1. The number of fused-ring (bicyclic) bond motifs is 1. The van der Waals surface area contributed by atoms with Gasteiger partial charge in [0.1, 0.15) is 0 Å². The minimum absolute atomic E-state index is 0.196. The number of rotatable bonds is 5. The molecule has 0 radical (unpaired) electrons. The number of imidazole rings is 1. The first-order valence-corrected chi connectivity index (χ1v) is 10.9. The fourth-order valence-electron chi connectivity index (χ4n) is 3.34. The molecule has 0 spiro atoms. The summed E-state index contributed by atoms with van der Waals surface area (Å²) in [4.78, 5) is 55.9. The SMILES string of the molecule is CN(C(=O)OC(=O)C(F)(F)F)c1nc2ccc(C(=O)c3ccccc3NC(=O)Nc3ccccc3)cc2[nH]1. The predicted molar refractivity (Wildman–Crippen MR) is 131 cm³/mol. The average Bonchev–Trinajstić information content (AvgIpc) is 3.31. The quantitative estimate of drug-likeness (QED) is 0.189. The molecule has 38 heavy (non-hydrogen) atoms. The van der Waals surface area contributed by atoms with Crippen molar-refractivity contribution in [2.45, 2.75) is 6.18 Å². The molecular formula is C25H18F3N5O5. The molecule has 0 bridgehead atoms. The normalized spacial score (nSPS) is 11.1. The van der Waals surface area contributed by atoms with Crippen molar-refractivity contribution in [1.29, 1.82) is 0 Å². The van der Waals surface area contributed by atoms with E-state index >= 15 is 0 Å². The van der Waals surface area contributed by atoms with E-state index in [9.17, 15) is 32.3 Å². The number of hydrogen-bond acceptors (Lipinski definition) is 6. The zero-order chi connectivity index (χ0) is 27.4. The molecule has 4 aromatic rings. The number of halogens is 3. The van der Waals surface area contributed by atoms with Crippen molar-refractivity contribution in [3.05, 3.63) is 83.9 Å². The molecule has 0 aliphatic rings. The molecule has 0 atom stereocenters. The number of aromatic nitrogens is 2. The van der Waals surface area contributed by atoms with E-state index in [4.69, 9.17) is 0 Å². The topological polar surface area (TPSA) is 133 Å². The van der Waals surface area contributed by atoms with Crippen LogP contribution in [0.1, 0.15) is 15.9 Å². The molecule has 1 heterocycles. The third-order valence-corrected chi connectivity index (χ3v) is 5.19. The summed E-state index contributed by atoms with van der Waals surface area (Å²) in [7, 11) is 1.05. The maximum atomic E-state index is 13.3. The Morgan fingerprint density at radius 3 is 2.32 bits per heavy atom. The lowest BCUT2D eigenvalue weighted by Gasteiger charge is -2.13. The number of carbonyl (C=O) groups excluding carboxylic acids is 4. The van der Waals surface area contributed by atoms with Crippen LogP contribution in [0.4, 0.5) is 40.1 Å². The maximum Gasteiger partial charge on any atom is 0.491 e. The number of alkyl halides is 3. The summed E-state index contributed by atoms with van der Waals surface area (Å²) >= 11 is 0. The number of aromatic amines is 1. The van der Waals surface area contributed by atoms with E-state index in [1.165, 1.54) is 24.3 Å². The van der Waals surface area contributed by atoms with Crippen LogP contribution in [-0.4, -0.2) is 47.1 Å². The molecule has 0 saturated heterocycles. The van der Waals surface area contributed by atoms with E-state index in [1.54, 1.807) is 48.5 Å². The summed E-state index contributed by atoms with van der Waals surface area (Å²) in [5.41, 5.74) is 1.77. The molecule has 3 amide bonds. The summed E-state index contributed by atoms with van der Waals surface area (Å²) in [6.45, 7) is 0. The van der Waals surface area contributed by atoms with E-state index in [0.29, 0.717) is 10.6 Å². The number of hydrogen-bond donors (Lipinski definition) is 3. The number of urea groups is 1. The highest BCUT2D eigenvalue weighted by atomic mass is 19.4. The molecule has 10 nitrogen and oxygen atoms in total. The molecule has 0 fully saturated rings. The molecule has 3 N–H and O–H groups in total. The van der Waals surface area contributed by atoms with Crippen molar-refractivity contribution < 1.29 is 37.1 Å². The zero-order valence-corrected chi connectivity index (χ0v) is 19.5. The first kappa shape index (κ1) is 25.9. The van der Waals surface area contributed by atoms with Crippen molar-refractivity contribution in [2.75, 3.05) is 22.6 Å². The Balaban J connectivity index is 1.53. The number of benzene rings is 3. The van der Waals surface area contributed by atoms with Gasteiger partial charge in [-0.05, 0) is 42.5 Å². The molecule has 3 aromatic carbocycles. The van der Waals surface area contributed by atoms with Crippen LogP contribution >= 0.6 is 0 Å². The molecule has 0 aliphatic heterocycles. The van der Waals surface area contributed by atoms with Crippen molar-refractivity contribution >= 4 is 52.2 Å². The lowest BCUT2D eigenvalue weighted by molar-refractivity contribution is -0.192. The number of para-hydroxylation sites is 2. The van der Waals surface area contributed by atoms with Crippen molar-refractivity contribution in [3.63, 3.8) is 0 Å². The Morgan fingerprint density at radius 2 is 1.61 bits per heavy atom. The first-order valence-electron chi connectivity index (χ1n) is 10.9. The fraction of sp³-hybridized carbons (Fsp3) is 0.0800. The highest BCUT2D eigenvalue weighted by molar-refractivity contribution is 6.15. The molecule has 0 saturated carbocycles. The average molecular weight is 525 g/mol. The van der Waals surface area contributed by atoms with Gasteiger partial charge in [0.15, 0.2) is 5.78 Å². The summed E-state index contributed by atoms with van der Waals surface area (Å²) in [5, 5.41) is 5.31. The van der Waals surface area contributed by atoms with Gasteiger partial charge in [-0.25, -0.2) is 24.3 Å². The van der Waals surface area contributed by atoms with Gasteiger partial charge in [0.2, 0.25) is 5.95 Å². The lowest BCUT2D eigenvalue weighted by atomic mass is 10.0. The zero-order valence-electron chi connectivity index (χ0n) is 19.5. The standard InChI is InChI=1S/C25H18F3N5O5/c1-33(24(37)38-21(35)25(26,27)28)22-30-18-12-11-14(13-19(18)31-22)20(34)16-9-5-6-10-17(16)32-23(36)29-15-7-3-2-4-8-15/h2-13H,1H3,(H,30,31)(H2,29,32,36). The van der Waals surface area contributed by atoms with Gasteiger partial charge >= 0.3 is 24.3 Å². The molecule has 194 valence electrons. The number of nitrogens with zero attached hydrogens (tertiary/aromatic N) is 2. The Morgan fingerprint density at radius 1 is 0.921 bits per heavy atom. The van der Waals surface area contributed by atoms with Crippen LogP contribution in [0, 0.1) is 0 Å². The lowest BCUT2D eigenvalue weighted by Crippen LogP contribution is -2.35. The van der Waals surface area contributed by atoms with Crippen LogP contribution in [0.15, 0.2) is 72.8 Å². The summed E-state index contributed by atoms with van der Waals surface area (Å²) in [6.07, 6.45) is -6.94. The van der Waals surface area contributed by atoms with Gasteiger partial charge in [-0.15, -0.1) is 0 Å². The molecule has 0 unspecified atom stereocenters. The van der Waals surface area contributed by atoms with E-state index < -0.39 is 30.1 Å². The smallest absolute Gasteiger partial charge is 0.369 e. The predicted octanol–water partition coefficient (Wildman–Crippen LogP) is 5.10. The second-order valence-corrected chi connectivity index (χ2v) is 7.82. The van der Waals surface area contributed by atoms with Gasteiger partial charge in [-0.2, -0.15) is 13.2 Å². The highest BCUT2D eigenvalue weighted by Gasteiger charge is 2.43. The number of nitrogens with one attached hydrogen (secondary N) is 3. The highest BCUT2D eigenvalue weighted by Crippen LogP contribution is 2.24. The van der Waals surface area contributed by atoms with E-state index in [0.717, 1.165) is 7.05 Å². The van der Waals surface area contributed by atoms with Crippen molar-refractivity contribution in [3.8, 4) is 0 Å². The van der Waals surface area contributed by atoms with Gasteiger partial charge in [0, 0.05) is 23.9 Å². The first-order chi connectivity index (χ1) is 18.0. The largest absolute Gasteiger partial charge is 0.491 e. The van der Waals surface area contributed by atoms with Crippen LogP contribution in [0.2, 0.25) is 0 Å². The van der Waals surface area contributed by atoms with Crippen LogP contribution in [0.3, 0.4) is 0 Å². The monoisotopic (exact) mass is 525 g/mol. The minimum atomic E-state index is -5.34. The van der Waals surface area contributed by atoms with Crippen LogP contribution in [-0.2, 0) is 9.53 Å². The molecule has 1 aromatic heterocycles. The second-order valence-electron chi connectivity index (χ2n) is 7.82. The van der Waals surface area contributed by atoms with Gasteiger partial charge in [-0.3, -0.25) is 4.79 Å². The number of ether oxygens (including phenoxy) is 1. The number of esters is 1. The number of amides is 3. The summed E-state index contributed by atoms with van der Waals surface area (Å²) in [6, 6.07) is 18.9. The Bertz CT molecular complexity index is 1540. The molecule has 4 rings (SSSR count). The molecular weight excluding hydrogens is 507 g/mol. The van der Waals surface area contributed by atoms with E-state index in [1.807, 2.05) is 0 Å². The van der Waals surface area contributed by atoms with Crippen LogP contribution < -0.4 is 15.5 Å². The fourth-order valence-corrected chi connectivity index (χ4v) is 3.34. The Labute approximate surface area is 212 Å². The summed E-state index contributed by atoms with van der Waals surface area (Å²) < 4.78 is 40.9. The van der Waals surface area contributed by atoms with Gasteiger partial charge in [-0.1, -0.05) is 30.3 Å². The van der Waals surface area contributed by atoms with Gasteiger partial charge in [0.05, 0.1) is 16.7 Å². The number of anilines is 3. The minimum Gasteiger partial charge on any atom is -0.369 e. The second kappa shape index (κ2) is 10.4. The summed E-state index contributed by atoms with van der Waals surface area (Å²) in [5.74, 6) is -3.32. The molecule has 0 aliphatic carbocycles. The Hall–Kier alpha value is -5.20. The van der Waals surface area contributed by atoms with Gasteiger partial charge in [0.25, 0.3) is 0 Å². The molecule has 13 heteroatoms. The van der Waals surface area contributed by atoms with Crippen molar-refractivity contribution in [2.24, 2.45) is 0 Å². The maximum absolute atomic E-state index is 13.3. The third kappa shape index (κ3) is 5.78. The van der Waals surface area contributed by atoms with Crippen molar-refractivity contribution in [1.82, 2.24) is 9.97 Å². The Kier molecular flexibility index (Phi) is 7.10. The number of ketones is 1. The van der Waals surface area contributed by atoms with Gasteiger partial charge < -0.3 is 20.4 Å². The van der Waals surface area contributed by atoms with Crippen LogP contribution in [0.25, 0.3) is 11.0 Å². The van der Waals surface area contributed by atoms with Crippen LogP contribution in [0.5, 0.6) is 0 Å². The van der Waals surface area contributed by atoms with E-state index in [-0.39, 0.29) is 33.8 Å². The number of carbonyl (C=O) groups is 4.